The van der Waals surface area contributed by atoms with Gasteiger partial charge >= 0.3 is 0 Å². The SMILES string of the molecule is CCCCC1CC(c2ccc(Cl)cc2)(N(C)C)CCC1N(CC)c1ccc(Cl)cc1OC. The molecule has 0 N–H and O–H groups in total. The lowest BCUT2D eigenvalue weighted by atomic mass is 9.67. The monoisotopic (exact) mass is 476 g/mol. The number of methoxy groups -OCH3 is 1. The number of nitrogens with zero attached hydrogens (tertiary/aromatic N) is 2. The lowest BCUT2D eigenvalue weighted by Crippen LogP contribution is -2.53. The molecule has 0 spiro atoms. The molecular weight excluding hydrogens is 439 g/mol. The molecule has 0 saturated heterocycles. The second-order valence-electron chi connectivity index (χ2n) is 9.25. The maximum atomic E-state index is 6.26. The molecule has 1 aliphatic rings. The first-order chi connectivity index (χ1) is 15.4. The number of benzene rings is 2. The number of rotatable bonds is 9. The molecule has 5 heteroatoms. The van der Waals surface area contributed by atoms with Crippen molar-refractivity contribution in [2.45, 2.75) is 64.0 Å². The fourth-order valence-corrected chi connectivity index (χ4v) is 5.91. The Kier molecular flexibility index (Phi) is 8.77. The number of unbranched alkanes of at least 4 members (excludes halogenated alkanes) is 1. The van der Waals surface area contributed by atoms with Crippen molar-refractivity contribution >= 4 is 28.9 Å². The number of halogens is 2. The highest BCUT2D eigenvalue weighted by Gasteiger charge is 2.45. The predicted molar refractivity (Wildman–Crippen MR) is 138 cm³/mol. The zero-order valence-corrected chi connectivity index (χ0v) is 21.7. The molecule has 2 aromatic carbocycles. The van der Waals surface area contributed by atoms with Crippen LogP contribution in [0.25, 0.3) is 0 Å². The van der Waals surface area contributed by atoms with Crippen LogP contribution in [0.5, 0.6) is 5.75 Å². The Morgan fingerprint density at radius 2 is 1.72 bits per heavy atom. The van der Waals surface area contributed by atoms with Crippen LogP contribution in [0.4, 0.5) is 5.69 Å². The smallest absolute Gasteiger partial charge is 0.143 e. The fraction of sp³-hybridized carbons (Fsp3) is 0.556. The summed E-state index contributed by atoms with van der Waals surface area (Å²) in [5.41, 5.74) is 2.55. The molecule has 0 bridgehead atoms. The summed E-state index contributed by atoms with van der Waals surface area (Å²) in [4.78, 5) is 4.99. The number of anilines is 1. The van der Waals surface area contributed by atoms with Gasteiger partial charge in [-0.3, -0.25) is 4.90 Å². The summed E-state index contributed by atoms with van der Waals surface area (Å²) in [6.45, 7) is 5.48. The summed E-state index contributed by atoms with van der Waals surface area (Å²) in [6, 6.07) is 15.0. The van der Waals surface area contributed by atoms with Crippen LogP contribution < -0.4 is 9.64 Å². The molecule has 1 fully saturated rings. The van der Waals surface area contributed by atoms with Crippen LogP contribution in [0.15, 0.2) is 42.5 Å². The van der Waals surface area contributed by atoms with Gasteiger partial charge in [-0.05, 0) is 82.4 Å². The fourth-order valence-electron chi connectivity index (χ4n) is 5.62. The third kappa shape index (κ3) is 5.21. The highest BCUT2D eigenvalue weighted by atomic mass is 35.5. The van der Waals surface area contributed by atoms with Gasteiger partial charge in [0.15, 0.2) is 0 Å². The van der Waals surface area contributed by atoms with Gasteiger partial charge in [0.25, 0.3) is 0 Å². The Balaban J connectivity index is 1.98. The maximum absolute atomic E-state index is 6.26. The van der Waals surface area contributed by atoms with Crippen LogP contribution in [-0.4, -0.2) is 38.7 Å². The average molecular weight is 478 g/mol. The second-order valence-corrected chi connectivity index (χ2v) is 10.1. The lowest BCUT2D eigenvalue weighted by Gasteiger charge is -2.52. The molecule has 0 aliphatic heterocycles. The van der Waals surface area contributed by atoms with Crippen molar-refractivity contribution in [3.05, 3.63) is 58.1 Å². The van der Waals surface area contributed by atoms with Crippen molar-refractivity contribution < 1.29 is 4.74 Å². The first-order valence-corrected chi connectivity index (χ1v) is 12.7. The molecule has 3 unspecified atom stereocenters. The van der Waals surface area contributed by atoms with E-state index in [0.29, 0.717) is 17.0 Å². The first-order valence-electron chi connectivity index (χ1n) is 11.9. The van der Waals surface area contributed by atoms with Gasteiger partial charge in [0.05, 0.1) is 12.8 Å². The summed E-state index contributed by atoms with van der Waals surface area (Å²) in [5, 5.41) is 1.51. The Morgan fingerprint density at radius 1 is 1.03 bits per heavy atom. The van der Waals surface area contributed by atoms with Crippen molar-refractivity contribution in [3.63, 3.8) is 0 Å². The lowest BCUT2D eigenvalue weighted by molar-refractivity contribution is 0.0532. The second kappa shape index (κ2) is 11.1. The van der Waals surface area contributed by atoms with E-state index >= 15 is 0 Å². The summed E-state index contributed by atoms with van der Waals surface area (Å²) in [7, 11) is 6.19. The van der Waals surface area contributed by atoms with Crippen LogP contribution >= 0.6 is 23.2 Å². The Bertz CT molecular complexity index is 870. The molecule has 3 atom stereocenters. The molecule has 3 rings (SSSR count). The van der Waals surface area contributed by atoms with Crippen LogP contribution in [0, 0.1) is 5.92 Å². The first kappa shape index (κ1) is 25.2. The van der Waals surface area contributed by atoms with Crippen LogP contribution in [0.1, 0.15) is 57.9 Å². The number of ether oxygens (including phenoxy) is 1. The van der Waals surface area contributed by atoms with Gasteiger partial charge in [-0.2, -0.15) is 0 Å². The molecule has 1 aliphatic carbocycles. The predicted octanol–water partition coefficient (Wildman–Crippen LogP) is 7.64. The molecule has 0 radical (unpaired) electrons. The van der Waals surface area contributed by atoms with Crippen molar-refractivity contribution in [1.82, 2.24) is 4.90 Å². The summed E-state index contributed by atoms with van der Waals surface area (Å²) in [5.74, 6) is 1.44. The molecule has 0 heterocycles. The van der Waals surface area contributed by atoms with Crippen molar-refractivity contribution in [1.29, 1.82) is 0 Å². The molecule has 0 amide bonds. The Labute approximate surface area is 204 Å². The zero-order chi connectivity index (χ0) is 23.3. The summed E-state index contributed by atoms with van der Waals surface area (Å²) in [6.07, 6.45) is 7.09. The van der Waals surface area contributed by atoms with Crippen molar-refractivity contribution in [2.24, 2.45) is 5.92 Å². The van der Waals surface area contributed by atoms with E-state index in [-0.39, 0.29) is 5.54 Å². The summed E-state index contributed by atoms with van der Waals surface area (Å²) >= 11 is 12.5. The van der Waals surface area contributed by atoms with E-state index in [2.05, 4.69) is 55.9 Å². The third-order valence-electron chi connectivity index (χ3n) is 7.36. The third-order valence-corrected chi connectivity index (χ3v) is 7.84. The maximum Gasteiger partial charge on any atom is 0.143 e. The molecule has 32 heavy (non-hydrogen) atoms. The molecule has 3 nitrogen and oxygen atoms in total. The van der Waals surface area contributed by atoms with Crippen molar-refractivity contribution in [2.75, 3.05) is 32.6 Å². The van der Waals surface area contributed by atoms with Gasteiger partial charge < -0.3 is 9.64 Å². The van der Waals surface area contributed by atoms with Crippen LogP contribution in [-0.2, 0) is 5.54 Å². The minimum absolute atomic E-state index is 0.0307. The minimum atomic E-state index is 0.0307. The topological polar surface area (TPSA) is 15.7 Å². The van der Waals surface area contributed by atoms with E-state index in [4.69, 9.17) is 27.9 Å². The van der Waals surface area contributed by atoms with E-state index < -0.39 is 0 Å². The quantitative estimate of drug-likeness (QED) is 0.369. The average Bonchev–Trinajstić information content (AvgIpc) is 2.79. The molecule has 1 saturated carbocycles. The standard InChI is InChI=1S/C27H38Cl2N2O/c1-6-8-9-20-19-27(30(3)4,21-10-12-22(28)13-11-21)17-16-24(20)31(7-2)25-15-14-23(29)18-26(25)32-5/h10-15,18,20,24H,6-9,16-17,19H2,1-5H3. The molecule has 2 aromatic rings. The van der Waals surface area contributed by atoms with E-state index in [1.807, 2.05) is 24.3 Å². The van der Waals surface area contributed by atoms with Gasteiger partial charge in [-0.1, -0.05) is 55.1 Å². The highest BCUT2D eigenvalue weighted by molar-refractivity contribution is 6.31. The Hall–Kier alpha value is -1.42. The van der Waals surface area contributed by atoms with E-state index in [9.17, 15) is 0 Å². The van der Waals surface area contributed by atoms with Gasteiger partial charge in [0.1, 0.15) is 5.75 Å². The normalized spacial score (nSPS) is 23.4. The van der Waals surface area contributed by atoms with E-state index in [0.717, 1.165) is 42.3 Å². The van der Waals surface area contributed by atoms with Gasteiger partial charge in [0, 0.05) is 34.2 Å². The van der Waals surface area contributed by atoms with Gasteiger partial charge in [-0.15, -0.1) is 0 Å². The molecular formula is C27H38Cl2N2O. The van der Waals surface area contributed by atoms with Crippen molar-refractivity contribution in [3.8, 4) is 5.75 Å². The van der Waals surface area contributed by atoms with Gasteiger partial charge in [0.2, 0.25) is 0 Å². The van der Waals surface area contributed by atoms with Crippen LogP contribution in [0.2, 0.25) is 10.0 Å². The zero-order valence-electron chi connectivity index (χ0n) is 20.2. The molecule has 0 aromatic heterocycles. The van der Waals surface area contributed by atoms with Crippen LogP contribution in [0.3, 0.4) is 0 Å². The number of hydrogen-bond donors (Lipinski definition) is 0. The largest absolute Gasteiger partial charge is 0.495 e. The number of hydrogen-bond acceptors (Lipinski definition) is 3. The Morgan fingerprint density at radius 3 is 2.31 bits per heavy atom. The van der Waals surface area contributed by atoms with Gasteiger partial charge in [-0.25, -0.2) is 0 Å². The van der Waals surface area contributed by atoms with E-state index in [1.54, 1.807) is 7.11 Å². The minimum Gasteiger partial charge on any atom is -0.495 e. The highest BCUT2D eigenvalue weighted by Crippen LogP contribution is 2.48. The van der Waals surface area contributed by atoms with E-state index in [1.165, 1.54) is 24.8 Å². The summed E-state index contributed by atoms with van der Waals surface area (Å²) < 4.78 is 5.73. The molecule has 176 valence electrons.